The Balaban J connectivity index is 0.00000256. The Kier molecular flexibility index (Phi) is 6.26. The number of pyridine rings is 1. The molecule has 2 aromatic heterocycles. The van der Waals surface area contributed by atoms with E-state index in [1.165, 1.54) is 6.07 Å². The predicted octanol–water partition coefficient (Wildman–Crippen LogP) is 2.49. The van der Waals surface area contributed by atoms with E-state index in [0.29, 0.717) is 53.9 Å². The van der Waals surface area contributed by atoms with Crippen LogP contribution in [-0.2, 0) is 21.1 Å². The van der Waals surface area contributed by atoms with Gasteiger partial charge in [-0.2, -0.15) is 0 Å². The number of aromatic amines is 2. The van der Waals surface area contributed by atoms with Crippen molar-refractivity contribution in [3.8, 4) is 0 Å². The summed E-state index contributed by atoms with van der Waals surface area (Å²) >= 11 is 0. The molecule has 2 unspecified atom stereocenters. The third kappa shape index (κ3) is 3.97. The summed E-state index contributed by atoms with van der Waals surface area (Å²) in [7, 11) is -3.53. The molecule has 5 N–H and O–H groups in total. The van der Waals surface area contributed by atoms with Crippen LogP contribution in [0.15, 0.2) is 34.1 Å². The van der Waals surface area contributed by atoms with Gasteiger partial charge in [0, 0.05) is 34.9 Å². The number of fused-ring (bicyclic) bond motifs is 3. The average molecular weight is 454 g/mol. The number of aryl methyl sites for hydroxylation is 1. The highest BCUT2D eigenvalue weighted by Crippen LogP contribution is 2.32. The highest BCUT2D eigenvalue weighted by atomic mass is 35.5. The Morgan fingerprint density at radius 3 is 2.70 bits per heavy atom. The normalized spacial score (nSPS) is 19.2. The summed E-state index contributed by atoms with van der Waals surface area (Å²) in [5.41, 5.74) is 7.32. The fourth-order valence-electron chi connectivity index (χ4n) is 4.23. The number of hydrogen-bond donors (Lipinski definition) is 4. The van der Waals surface area contributed by atoms with E-state index in [2.05, 4.69) is 9.97 Å². The first-order valence-electron chi connectivity index (χ1n) is 9.64. The monoisotopic (exact) mass is 453 g/mol. The first-order chi connectivity index (χ1) is 13.8. The summed E-state index contributed by atoms with van der Waals surface area (Å²) < 4.78 is 26.2. The third-order valence-corrected chi connectivity index (χ3v) is 7.94. The number of aliphatic carboxylic acids is 1. The first kappa shape index (κ1) is 22.3. The molecule has 0 bridgehead atoms. The van der Waals surface area contributed by atoms with E-state index >= 15 is 0 Å². The molecule has 3 aromatic rings. The van der Waals surface area contributed by atoms with Crippen LogP contribution in [0.2, 0.25) is 0 Å². The number of sulfone groups is 1. The molecule has 0 radical (unpaired) electrons. The minimum atomic E-state index is -3.53. The molecule has 1 aliphatic carbocycles. The second-order valence-corrected chi connectivity index (χ2v) is 9.94. The maximum absolute atomic E-state index is 13.1. The highest BCUT2D eigenvalue weighted by molar-refractivity contribution is 7.92. The molecule has 0 amide bonds. The zero-order chi connectivity index (χ0) is 20.8. The Bertz CT molecular complexity index is 1260. The van der Waals surface area contributed by atoms with Crippen LogP contribution in [0.25, 0.3) is 21.8 Å². The number of H-pyrrole nitrogens is 2. The lowest BCUT2D eigenvalue weighted by atomic mass is 10.0. The number of halogens is 1. The summed E-state index contributed by atoms with van der Waals surface area (Å²) in [6.45, 7) is 0. The smallest absolute Gasteiger partial charge is 0.303 e. The van der Waals surface area contributed by atoms with Crippen molar-refractivity contribution in [3.63, 3.8) is 0 Å². The molecule has 8 nitrogen and oxygen atoms in total. The second kappa shape index (κ2) is 8.41. The van der Waals surface area contributed by atoms with Gasteiger partial charge in [0.05, 0.1) is 10.1 Å². The lowest BCUT2D eigenvalue weighted by molar-refractivity contribution is -0.137. The minimum absolute atomic E-state index is 0. The van der Waals surface area contributed by atoms with E-state index in [0.717, 1.165) is 5.56 Å². The summed E-state index contributed by atoms with van der Waals surface area (Å²) in [6, 6.07) is 4.66. The van der Waals surface area contributed by atoms with Crippen LogP contribution in [0, 0.1) is 0 Å². The van der Waals surface area contributed by atoms with Gasteiger partial charge in [-0.1, -0.05) is 0 Å². The zero-order valence-corrected chi connectivity index (χ0v) is 17.8. The minimum Gasteiger partial charge on any atom is -0.481 e. The first-order valence-corrected chi connectivity index (χ1v) is 11.2. The van der Waals surface area contributed by atoms with Gasteiger partial charge in [-0.3, -0.25) is 9.59 Å². The maximum atomic E-state index is 13.1. The van der Waals surface area contributed by atoms with Crippen LogP contribution in [-0.4, -0.2) is 40.8 Å². The van der Waals surface area contributed by atoms with Gasteiger partial charge in [0.2, 0.25) is 0 Å². The molecule has 1 aliphatic rings. The van der Waals surface area contributed by atoms with Crippen molar-refractivity contribution < 1.29 is 18.3 Å². The van der Waals surface area contributed by atoms with Crippen LogP contribution < -0.4 is 11.3 Å². The van der Waals surface area contributed by atoms with E-state index in [1.54, 1.807) is 18.3 Å². The number of carboxylic acids is 1. The molecule has 1 saturated carbocycles. The van der Waals surface area contributed by atoms with E-state index in [-0.39, 0.29) is 35.3 Å². The van der Waals surface area contributed by atoms with Gasteiger partial charge in [-0.15, -0.1) is 12.4 Å². The summed E-state index contributed by atoms with van der Waals surface area (Å²) in [4.78, 5) is 29.2. The largest absolute Gasteiger partial charge is 0.481 e. The summed E-state index contributed by atoms with van der Waals surface area (Å²) in [5.74, 6) is -0.879. The molecular formula is C20H24ClN3O5S. The van der Waals surface area contributed by atoms with Gasteiger partial charge in [0.1, 0.15) is 5.52 Å². The molecule has 0 spiro atoms. The molecule has 162 valence electrons. The number of rotatable bonds is 6. The van der Waals surface area contributed by atoms with Gasteiger partial charge in [0.15, 0.2) is 9.84 Å². The number of carboxylic acid groups (broad SMARTS) is 1. The Morgan fingerprint density at radius 1 is 1.27 bits per heavy atom. The van der Waals surface area contributed by atoms with Crippen LogP contribution in [0.1, 0.15) is 37.7 Å². The van der Waals surface area contributed by atoms with Crippen molar-refractivity contribution >= 4 is 50.0 Å². The van der Waals surface area contributed by atoms with Gasteiger partial charge < -0.3 is 20.8 Å². The van der Waals surface area contributed by atoms with E-state index < -0.39 is 21.1 Å². The highest BCUT2D eigenvalue weighted by Gasteiger charge is 2.34. The lowest BCUT2D eigenvalue weighted by Crippen LogP contribution is -2.22. The molecule has 1 fully saturated rings. The standard InChI is InChI=1S/C20H23N3O5S.ClH/c21-12-4-5-13(8-12)29(27,28)14-6-7-16-15(9-14)18-11(2-1-3-17(24)25)10-22-19(18)20(26)23-16;/h6-7,9-10,12-13,22H,1-5,8,21H2,(H,23,26)(H,24,25);1H. The van der Waals surface area contributed by atoms with Crippen LogP contribution in [0.3, 0.4) is 0 Å². The maximum Gasteiger partial charge on any atom is 0.303 e. The molecule has 0 saturated heterocycles. The number of nitrogens with one attached hydrogen (secondary N) is 2. The number of benzene rings is 1. The van der Waals surface area contributed by atoms with Crippen molar-refractivity contribution in [1.82, 2.24) is 9.97 Å². The number of aromatic nitrogens is 2. The molecule has 1 aromatic carbocycles. The summed E-state index contributed by atoms with van der Waals surface area (Å²) in [6.07, 6.45) is 4.31. The van der Waals surface area contributed by atoms with Gasteiger partial charge in [-0.05, 0) is 55.9 Å². The molecule has 0 aliphatic heterocycles. The van der Waals surface area contributed by atoms with Crippen molar-refractivity contribution in [2.45, 2.75) is 54.7 Å². The van der Waals surface area contributed by atoms with Crippen molar-refractivity contribution in [2.75, 3.05) is 0 Å². The average Bonchev–Trinajstić information content (AvgIpc) is 3.29. The van der Waals surface area contributed by atoms with Crippen LogP contribution in [0.4, 0.5) is 0 Å². The van der Waals surface area contributed by atoms with E-state index in [4.69, 9.17) is 10.8 Å². The molecular weight excluding hydrogens is 430 g/mol. The van der Waals surface area contributed by atoms with Gasteiger partial charge in [-0.25, -0.2) is 8.42 Å². The molecule has 2 heterocycles. The second-order valence-electron chi connectivity index (χ2n) is 7.71. The molecule has 30 heavy (non-hydrogen) atoms. The van der Waals surface area contributed by atoms with Gasteiger partial charge in [0.25, 0.3) is 5.56 Å². The van der Waals surface area contributed by atoms with Crippen molar-refractivity contribution in [1.29, 1.82) is 0 Å². The Labute approximate surface area is 179 Å². The Morgan fingerprint density at radius 2 is 2.03 bits per heavy atom. The SMILES string of the molecule is Cl.NC1CCC(S(=O)(=O)c2ccc3[nH]c(=O)c4[nH]cc(CCCC(=O)O)c4c3c2)C1. The van der Waals surface area contributed by atoms with Gasteiger partial charge >= 0.3 is 5.97 Å². The molecule has 10 heteroatoms. The van der Waals surface area contributed by atoms with Crippen LogP contribution in [0.5, 0.6) is 0 Å². The fourth-order valence-corrected chi connectivity index (χ4v) is 6.10. The molecule has 4 rings (SSSR count). The summed E-state index contributed by atoms with van der Waals surface area (Å²) in [5, 5.41) is 9.67. The van der Waals surface area contributed by atoms with Crippen LogP contribution >= 0.6 is 12.4 Å². The van der Waals surface area contributed by atoms with Crippen molar-refractivity contribution in [2.24, 2.45) is 5.73 Å². The van der Waals surface area contributed by atoms with E-state index in [9.17, 15) is 18.0 Å². The third-order valence-electron chi connectivity index (χ3n) is 5.73. The Hall–Kier alpha value is -2.36. The molecule has 2 atom stereocenters. The fraction of sp³-hybridized carbons (Fsp3) is 0.400. The number of hydrogen-bond acceptors (Lipinski definition) is 5. The topological polar surface area (TPSA) is 146 Å². The lowest BCUT2D eigenvalue weighted by Gasteiger charge is -2.13. The number of nitrogens with two attached hydrogens (primary N) is 1. The number of carbonyl (C=O) groups is 1. The zero-order valence-electron chi connectivity index (χ0n) is 16.2. The van der Waals surface area contributed by atoms with E-state index in [1.807, 2.05) is 0 Å². The quantitative estimate of drug-likeness (QED) is 0.451. The predicted molar refractivity (Wildman–Crippen MR) is 117 cm³/mol. The van der Waals surface area contributed by atoms with Crippen molar-refractivity contribution in [3.05, 3.63) is 40.3 Å².